The minimum atomic E-state index is -3.84. The van der Waals surface area contributed by atoms with Gasteiger partial charge in [0.1, 0.15) is 0 Å². The minimum Gasteiger partial charge on any atom is -0.493 e. The molecule has 188 valence electrons. The number of hydrazine groups is 1. The molecule has 2 aromatic carbocycles. The molecule has 3 rings (SSSR count). The number of ether oxygens (including phenoxy) is 2. The van der Waals surface area contributed by atoms with Gasteiger partial charge in [-0.1, -0.05) is 0 Å². The number of non-ortho nitro benzene ring substituents is 1. The Hall–Kier alpha value is -3.49. The van der Waals surface area contributed by atoms with Crippen LogP contribution in [0.3, 0.4) is 0 Å². The molecule has 1 amide bonds. The lowest BCUT2D eigenvalue weighted by Gasteiger charge is -2.20. The second kappa shape index (κ2) is 11.3. The zero-order chi connectivity index (χ0) is 25.6. The van der Waals surface area contributed by atoms with Crippen LogP contribution in [0.2, 0.25) is 0 Å². The Kier molecular flexibility index (Phi) is 8.43. The number of sulfonamides is 1. The number of thiocarbonyl (C=S) groups is 1. The fraction of sp³-hybridized carbons (Fsp3) is 0.333. The lowest BCUT2D eigenvalue weighted by molar-refractivity contribution is -0.384. The number of anilines is 1. The van der Waals surface area contributed by atoms with Crippen LogP contribution in [0, 0.1) is 10.1 Å². The number of amides is 1. The molecule has 1 heterocycles. The van der Waals surface area contributed by atoms with Gasteiger partial charge in [-0.05, 0) is 48.8 Å². The first kappa shape index (κ1) is 26.1. The van der Waals surface area contributed by atoms with E-state index in [1.165, 1.54) is 54.9 Å². The first-order valence-corrected chi connectivity index (χ1v) is 12.4. The molecule has 0 unspecified atom stereocenters. The Morgan fingerprint density at radius 2 is 1.69 bits per heavy atom. The number of nitro benzene ring substituents is 1. The van der Waals surface area contributed by atoms with Crippen LogP contribution in [0.1, 0.15) is 18.4 Å². The molecule has 1 aliphatic rings. The highest BCUT2D eigenvalue weighted by Gasteiger charge is 2.31. The van der Waals surface area contributed by atoms with Crippen LogP contribution in [-0.4, -0.2) is 56.0 Å². The molecule has 14 heteroatoms. The second-order valence-electron chi connectivity index (χ2n) is 7.53. The van der Waals surface area contributed by atoms with Crippen LogP contribution in [-0.2, 0) is 21.2 Å². The van der Waals surface area contributed by atoms with Gasteiger partial charge in [-0.25, -0.2) is 8.42 Å². The Balaban J connectivity index is 1.71. The first-order chi connectivity index (χ1) is 16.6. The van der Waals surface area contributed by atoms with Crippen LogP contribution < -0.4 is 25.6 Å². The van der Waals surface area contributed by atoms with E-state index in [9.17, 15) is 23.3 Å². The number of benzene rings is 2. The van der Waals surface area contributed by atoms with Crippen molar-refractivity contribution in [3.8, 4) is 11.5 Å². The molecule has 0 aromatic heterocycles. The molecule has 1 aliphatic heterocycles. The van der Waals surface area contributed by atoms with Crippen molar-refractivity contribution >= 4 is 44.6 Å². The van der Waals surface area contributed by atoms with Crippen LogP contribution >= 0.6 is 12.2 Å². The van der Waals surface area contributed by atoms with Gasteiger partial charge in [-0.15, -0.1) is 0 Å². The van der Waals surface area contributed by atoms with Crippen molar-refractivity contribution in [2.24, 2.45) is 0 Å². The van der Waals surface area contributed by atoms with Gasteiger partial charge in [0.2, 0.25) is 15.9 Å². The molecule has 2 aromatic rings. The number of methoxy groups -OCH3 is 2. The van der Waals surface area contributed by atoms with Gasteiger partial charge in [0, 0.05) is 37.0 Å². The number of carbonyl (C=O) groups excluding carboxylic acids is 1. The van der Waals surface area contributed by atoms with Gasteiger partial charge in [0.05, 0.1) is 30.5 Å². The summed E-state index contributed by atoms with van der Waals surface area (Å²) in [7, 11) is -1.02. The number of hydrogen-bond donors (Lipinski definition) is 3. The van der Waals surface area contributed by atoms with E-state index in [1.807, 2.05) is 0 Å². The van der Waals surface area contributed by atoms with Crippen LogP contribution in [0.4, 0.5) is 11.4 Å². The molecular formula is C21H25N5O7S2. The second-order valence-corrected chi connectivity index (χ2v) is 9.85. The lowest BCUT2D eigenvalue weighted by atomic mass is 10.1. The Bertz CT molecular complexity index is 1210. The smallest absolute Gasteiger partial charge is 0.269 e. The highest BCUT2D eigenvalue weighted by atomic mass is 32.2. The number of nitrogens with zero attached hydrogens (tertiary/aromatic N) is 2. The number of rotatable bonds is 8. The third-order valence-electron chi connectivity index (χ3n) is 5.25. The molecule has 35 heavy (non-hydrogen) atoms. The van der Waals surface area contributed by atoms with Crippen molar-refractivity contribution in [2.75, 3.05) is 32.6 Å². The fourth-order valence-corrected chi connectivity index (χ4v) is 5.43. The standard InChI is InChI=1S/C21H25N5O7S2/c1-32-17-11-14(19(13-18(17)33-2)35(30,31)25-9-3-4-10-25)12-20(27)23-24-21(34)22-15-5-7-16(8-6-15)26(28)29/h5-8,11,13H,3-4,9-10,12H2,1-2H3,(H,23,27)(H2,22,24,34). The van der Waals surface area contributed by atoms with Crippen molar-refractivity contribution in [2.45, 2.75) is 24.2 Å². The van der Waals surface area contributed by atoms with Gasteiger partial charge < -0.3 is 14.8 Å². The maximum atomic E-state index is 13.2. The molecule has 0 bridgehead atoms. The number of carbonyl (C=O) groups is 1. The zero-order valence-electron chi connectivity index (χ0n) is 19.1. The van der Waals surface area contributed by atoms with Crippen molar-refractivity contribution in [3.63, 3.8) is 0 Å². The van der Waals surface area contributed by atoms with Crippen molar-refractivity contribution in [1.82, 2.24) is 15.2 Å². The van der Waals surface area contributed by atoms with Crippen LogP contribution in [0.5, 0.6) is 11.5 Å². The van der Waals surface area contributed by atoms with E-state index in [-0.39, 0.29) is 33.4 Å². The molecular weight excluding hydrogens is 498 g/mol. The lowest BCUT2D eigenvalue weighted by Crippen LogP contribution is -2.44. The fourth-order valence-electron chi connectivity index (χ4n) is 3.52. The molecule has 0 radical (unpaired) electrons. The number of nitro groups is 1. The molecule has 0 saturated carbocycles. The summed E-state index contributed by atoms with van der Waals surface area (Å²) in [5.74, 6) is -0.0250. The summed E-state index contributed by atoms with van der Waals surface area (Å²) in [4.78, 5) is 22.8. The number of hydrogen-bond acceptors (Lipinski definition) is 8. The zero-order valence-corrected chi connectivity index (χ0v) is 20.7. The van der Waals surface area contributed by atoms with Gasteiger partial charge in [-0.3, -0.25) is 25.8 Å². The molecule has 1 saturated heterocycles. The molecule has 12 nitrogen and oxygen atoms in total. The highest BCUT2D eigenvalue weighted by Crippen LogP contribution is 2.35. The summed E-state index contributed by atoms with van der Waals surface area (Å²) in [5.41, 5.74) is 5.58. The average Bonchev–Trinajstić information content (AvgIpc) is 3.39. The predicted octanol–water partition coefficient (Wildman–Crippen LogP) is 1.96. The minimum absolute atomic E-state index is 0.0289. The third kappa shape index (κ3) is 6.35. The molecule has 0 spiro atoms. The van der Waals surface area contributed by atoms with Crippen molar-refractivity contribution < 1.29 is 27.6 Å². The highest BCUT2D eigenvalue weighted by molar-refractivity contribution is 7.89. The van der Waals surface area contributed by atoms with Crippen molar-refractivity contribution in [3.05, 3.63) is 52.1 Å². The maximum Gasteiger partial charge on any atom is 0.269 e. The topological polar surface area (TPSA) is 152 Å². The summed E-state index contributed by atoms with van der Waals surface area (Å²) in [6.07, 6.45) is 1.26. The van der Waals surface area contributed by atoms with E-state index in [1.54, 1.807) is 0 Å². The molecule has 3 N–H and O–H groups in total. The number of nitrogens with one attached hydrogen (secondary N) is 3. The van der Waals surface area contributed by atoms with E-state index in [2.05, 4.69) is 16.2 Å². The first-order valence-electron chi connectivity index (χ1n) is 10.5. The molecule has 0 atom stereocenters. The Labute approximate surface area is 207 Å². The normalized spacial score (nSPS) is 13.7. The Morgan fingerprint density at radius 1 is 1.09 bits per heavy atom. The van der Waals surface area contributed by atoms with E-state index in [4.69, 9.17) is 21.7 Å². The summed E-state index contributed by atoms with van der Waals surface area (Å²) < 4.78 is 38.4. The van der Waals surface area contributed by atoms with Gasteiger partial charge in [0.25, 0.3) is 5.69 Å². The van der Waals surface area contributed by atoms with Crippen molar-refractivity contribution in [1.29, 1.82) is 0 Å². The summed E-state index contributed by atoms with van der Waals surface area (Å²) in [6.45, 7) is 0.818. The summed E-state index contributed by atoms with van der Waals surface area (Å²) in [5, 5.41) is 13.6. The predicted molar refractivity (Wildman–Crippen MR) is 132 cm³/mol. The van der Waals surface area contributed by atoms with Gasteiger partial charge in [-0.2, -0.15) is 4.31 Å². The van der Waals surface area contributed by atoms with E-state index in [0.717, 1.165) is 12.8 Å². The molecule has 0 aliphatic carbocycles. The van der Waals surface area contributed by atoms with Gasteiger partial charge in [0.15, 0.2) is 16.6 Å². The van der Waals surface area contributed by atoms with E-state index in [0.29, 0.717) is 24.5 Å². The van der Waals surface area contributed by atoms with E-state index < -0.39 is 20.9 Å². The summed E-state index contributed by atoms with van der Waals surface area (Å²) in [6, 6.07) is 8.38. The maximum absolute atomic E-state index is 13.2. The third-order valence-corrected chi connectivity index (χ3v) is 7.44. The average molecular weight is 524 g/mol. The SMILES string of the molecule is COc1cc(CC(=O)NNC(=S)Nc2ccc([N+](=O)[O-])cc2)c(S(=O)(=O)N2CCCC2)cc1OC. The van der Waals surface area contributed by atoms with E-state index >= 15 is 0 Å². The summed E-state index contributed by atoms with van der Waals surface area (Å²) >= 11 is 5.12. The molecule has 1 fully saturated rings. The quantitative estimate of drug-likeness (QED) is 0.266. The van der Waals surface area contributed by atoms with Crippen LogP contribution in [0.15, 0.2) is 41.3 Å². The van der Waals surface area contributed by atoms with Gasteiger partial charge >= 0.3 is 0 Å². The Morgan fingerprint density at radius 3 is 2.26 bits per heavy atom. The monoisotopic (exact) mass is 523 g/mol. The largest absolute Gasteiger partial charge is 0.493 e. The van der Waals surface area contributed by atoms with Crippen LogP contribution in [0.25, 0.3) is 0 Å².